The molecule has 0 bridgehead atoms. The first kappa shape index (κ1) is 14.1. The van der Waals surface area contributed by atoms with Gasteiger partial charge in [-0.1, -0.05) is 30.3 Å². The summed E-state index contributed by atoms with van der Waals surface area (Å²) in [5.74, 6) is 1.19. The summed E-state index contributed by atoms with van der Waals surface area (Å²) in [4.78, 5) is 4.57. The van der Waals surface area contributed by atoms with E-state index in [1.807, 2.05) is 18.2 Å². The van der Waals surface area contributed by atoms with Crippen molar-refractivity contribution in [2.24, 2.45) is 0 Å². The molecule has 0 aliphatic rings. The summed E-state index contributed by atoms with van der Waals surface area (Å²) in [6.45, 7) is 0.774. The first-order valence-electron chi connectivity index (χ1n) is 7.02. The van der Waals surface area contributed by atoms with Gasteiger partial charge in [0.15, 0.2) is 0 Å². The number of halogens is 2. The second-order valence-electron chi connectivity index (χ2n) is 4.99. The summed E-state index contributed by atoms with van der Waals surface area (Å²) in [7, 11) is 0. The number of hydrogen-bond acceptors (Lipinski definition) is 1. The van der Waals surface area contributed by atoms with E-state index in [9.17, 15) is 4.39 Å². The maximum absolute atomic E-state index is 13.5. The van der Waals surface area contributed by atoms with Gasteiger partial charge >= 0.3 is 0 Å². The molecular weight excluding hydrogens is 287 g/mol. The number of benzene rings is 2. The van der Waals surface area contributed by atoms with Gasteiger partial charge in [0.05, 0.1) is 11.0 Å². The van der Waals surface area contributed by atoms with E-state index >= 15 is 0 Å². The van der Waals surface area contributed by atoms with Crippen molar-refractivity contribution in [3.05, 3.63) is 65.7 Å². The van der Waals surface area contributed by atoms with Crippen LogP contribution in [0.5, 0.6) is 0 Å². The molecular formula is C17H16ClFN2. The third-order valence-electron chi connectivity index (χ3n) is 3.57. The highest BCUT2D eigenvalue weighted by molar-refractivity contribution is 6.17. The molecule has 0 amide bonds. The summed E-state index contributed by atoms with van der Waals surface area (Å²) < 4.78 is 15.6. The van der Waals surface area contributed by atoms with E-state index in [2.05, 4.69) is 21.7 Å². The lowest BCUT2D eigenvalue weighted by atomic mass is 10.1. The summed E-state index contributed by atoms with van der Waals surface area (Å²) in [5.41, 5.74) is 2.92. The molecule has 0 unspecified atom stereocenters. The fourth-order valence-corrected chi connectivity index (χ4v) is 2.73. The van der Waals surface area contributed by atoms with Crippen LogP contribution < -0.4 is 0 Å². The minimum atomic E-state index is -0.235. The van der Waals surface area contributed by atoms with E-state index in [4.69, 9.17) is 11.6 Å². The van der Waals surface area contributed by atoms with Crippen molar-refractivity contribution in [1.29, 1.82) is 0 Å². The molecule has 0 aliphatic heterocycles. The highest BCUT2D eigenvalue weighted by atomic mass is 35.5. The SMILES string of the molecule is Fc1ccc2nc(CCCl)n(CCc3ccccc3)c2c1. The van der Waals surface area contributed by atoms with Crippen LogP contribution in [0.25, 0.3) is 11.0 Å². The third kappa shape index (κ3) is 3.08. The molecule has 108 valence electrons. The standard InChI is InChI=1S/C17H16ClFN2/c18-10-8-17-20-15-7-6-14(19)12-16(15)21(17)11-9-13-4-2-1-3-5-13/h1-7,12H,8-11H2. The molecule has 2 nitrogen and oxygen atoms in total. The van der Waals surface area contributed by atoms with Gasteiger partial charge in [-0.15, -0.1) is 11.6 Å². The lowest BCUT2D eigenvalue weighted by Crippen LogP contribution is -2.07. The Morgan fingerprint density at radius 1 is 1.05 bits per heavy atom. The van der Waals surface area contributed by atoms with Crippen molar-refractivity contribution in [2.75, 3.05) is 5.88 Å². The number of aromatic nitrogens is 2. The number of hydrogen-bond donors (Lipinski definition) is 0. The minimum absolute atomic E-state index is 0.235. The average molecular weight is 303 g/mol. The lowest BCUT2D eigenvalue weighted by Gasteiger charge is -2.08. The first-order chi connectivity index (χ1) is 10.3. The average Bonchev–Trinajstić information content (AvgIpc) is 2.83. The van der Waals surface area contributed by atoms with Crippen molar-refractivity contribution < 1.29 is 4.39 Å². The molecule has 0 saturated heterocycles. The molecule has 0 radical (unpaired) electrons. The van der Waals surface area contributed by atoms with E-state index in [0.717, 1.165) is 29.8 Å². The Bertz CT molecular complexity index is 737. The van der Waals surface area contributed by atoms with Gasteiger partial charge < -0.3 is 4.57 Å². The summed E-state index contributed by atoms with van der Waals surface area (Å²) in [5, 5.41) is 0. The van der Waals surface area contributed by atoms with Gasteiger partial charge in [-0.2, -0.15) is 0 Å². The largest absolute Gasteiger partial charge is 0.328 e. The summed E-state index contributed by atoms with van der Waals surface area (Å²) >= 11 is 5.86. The Morgan fingerprint density at radius 2 is 1.86 bits per heavy atom. The molecule has 1 heterocycles. The second kappa shape index (κ2) is 6.27. The van der Waals surface area contributed by atoms with Gasteiger partial charge in [0.1, 0.15) is 11.6 Å². The molecule has 0 N–H and O–H groups in total. The van der Waals surface area contributed by atoms with Crippen molar-refractivity contribution in [3.8, 4) is 0 Å². The van der Waals surface area contributed by atoms with Crippen LogP contribution in [0.15, 0.2) is 48.5 Å². The van der Waals surface area contributed by atoms with E-state index in [1.54, 1.807) is 12.1 Å². The Labute approximate surface area is 128 Å². The quantitative estimate of drug-likeness (QED) is 0.646. The molecule has 0 saturated carbocycles. The minimum Gasteiger partial charge on any atom is -0.328 e. The number of nitrogens with zero attached hydrogens (tertiary/aromatic N) is 2. The monoisotopic (exact) mass is 302 g/mol. The van der Waals surface area contributed by atoms with Gasteiger partial charge in [-0.05, 0) is 30.2 Å². The molecule has 0 aliphatic carbocycles. The summed E-state index contributed by atoms with van der Waals surface area (Å²) in [6, 6.07) is 15.0. The molecule has 3 aromatic rings. The van der Waals surface area contributed by atoms with E-state index in [0.29, 0.717) is 12.3 Å². The van der Waals surface area contributed by atoms with Crippen molar-refractivity contribution >= 4 is 22.6 Å². The van der Waals surface area contributed by atoms with Crippen molar-refractivity contribution in [2.45, 2.75) is 19.4 Å². The van der Waals surface area contributed by atoms with E-state index in [1.165, 1.54) is 11.6 Å². The van der Waals surface area contributed by atoms with Crippen LogP contribution >= 0.6 is 11.6 Å². The maximum atomic E-state index is 13.5. The first-order valence-corrected chi connectivity index (χ1v) is 7.56. The normalized spacial score (nSPS) is 11.1. The Kier molecular flexibility index (Phi) is 4.20. The predicted molar refractivity (Wildman–Crippen MR) is 84.3 cm³/mol. The van der Waals surface area contributed by atoms with Gasteiger partial charge in [0, 0.05) is 18.8 Å². The fraction of sp³-hybridized carbons (Fsp3) is 0.235. The predicted octanol–water partition coefficient (Wildman–Crippen LogP) is 4.20. The highest BCUT2D eigenvalue weighted by Gasteiger charge is 2.11. The number of rotatable bonds is 5. The van der Waals surface area contributed by atoms with Gasteiger partial charge in [-0.3, -0.25) is 0 Å². The second-order valence-corrected chi connectivity index (χ2v) is 5.37. The Morgan fingerprint density at radius 3 is 2.62 bits per heavy atom. The fourth-order valence-electron chi connectivity index (χ4n) is 2.56. The molecule has 3 rings (SSSR count). The lowest BCUT2D eigenvalue weighted by molar-refractivity contribution is 0.626. The van der Waals surface area contributed by atoms with Crippen molar-refractivity contribution in [3.63, 3.8) is 0 Å². The smallest absolute Gasteiger partial charge is 0.125 e. The van der Waals surface area contributed by atoms with Crippen LogP contribution in [0.3, 0.4) is 0 Å². The van der Waals surface area contributed by atoms with Gasteiger partial charge in [0.25, 0.3) is 0 Å². The Balaban J connectivity index is 1.94. The Hall–Kier alpha value is -1.87. The van der Waals surface area contributed by atoms with Gasteiger partial charge in [-0.25, -0.2) is 9.37 Å². The highest BCUT2D eigenvalue weighted by Crippen LogP contribution is 2.19. The molecule has 4 heteroatoms. The van der Waals surface area contributed by atoms with E-state index < -0.39 is 0 Å². The maximum Gasteiger partial charge on any atom is 0.125 e. The zero-order chi connectivity index (χ0) is 14.7. The third-order valence-corrected chi connectivity index (χ3v) is 3.76. The number of alkyl halides is 1. The van der Waals surface area contributed by atoms with Gasteiger partial charge in [0.2, 0.25) is 0 Å². The molecule has 1 aromatic heterocycles. The van der Waals surface area contributed by atoms with Crippen LogP contribution in [0.2, 0.25) is 0 Å². The van der Waals surface area contributed by atoms with E-state index in [-0.39, 0.29) is 5.82 Å². The molecule has 21 heavy (non-hydrogen) atoms. The van der Waals surface area contributed by atoms with Crippen LogP contribution in [0.1, 0.15) is 11.4 Å². The molecule has 0 fully saturated rings. The zero-order valence-electron chi connectivity index (χ0n) is 11.6. The van der Waals surface area contributed by atoms with Crippen LogP contribution in [0, 0.1) is 5.82 Å². The van der Waals surface area contributed by atoms with Crippen LogP contribution in [0.4, 0.5) is 4.39 Å². The topological polar surface area (TPSA) is 17.8 Å². The zero-order valence-corrected chi connectivity index (χ0v) is 12.4. The molecule has 0 spiro atoms. The number of fused-ring (bicyclic) bond motifs is 1. The summed E-state index contributed by atoms with van der Waals surface area (Å²) in [6.07, 6.45) is 1.57. The number of aryl methyl sites for hydroxylation is 3. The van der Waals surface area contributed by atoms with Crippen molar-refractivity contribution in [1.82, 2.24) is 9.55 Å². The molecule has 2 aromatic carbocycles. The van der Waals surface area contributed by atoms with Crippen LogP contribution in [-0.4, -0.2) is 15.4 Å². The molecule has 0 atom stereocenters. The van der Waals surface area contributed by atoms with Crippen LogP contribution in [-0.2, 0) is 19.4 Å². The number of imidazole rings is 1.